The van der Waals surface area contributed by atoms with Crippen LogP contribution in [0.15, 0.2) is 29.2 Å². The quantitative estimate of drug-likeness (QED) is 0.765. The van der Waals surface area contributed by atoms with E-state index in [1.807, 2.05) is 0 Å². The first-order valence-corrected chi connectivity index (χ1v) is 6.00. The van der Waals surface area contributed by atoms with E-state index in [0.717, 1.165) is 6.26 Å². The normalized spacial score (nSPS) is 13.9. The first kappa shape index (κ1) is 11.2. The fraction of sp³-hybridized carbons (Fsp3) is 0.333. The molecule has 0 bridgehead atoms. The molecule has 1 aromatic rings. The lowest BCUT2D eigenvalue weighted by molar-refractivity contribution is 0.0645. The summed E-state index contributed by atoms with van der Waals surface area (Å²) in [5.74, 6) is 5.02. The molecule has 0 aromatic heterocycles. The number of rotatable bonds is 3. The van der Waals surface area contributed by atoms with E-state index in [9.17, 15) is 8.42 Å². The number of nitrogens with two attached hydrogens (primary N) is 1. The zero-order valence-corrected chi connectivity index (χ0v) is 8.91. The molecular formula is C9H13NO3S. The predicted octanol–water partition coefficient (Wildman–Crippen LogP) is 1.04. The van der Waals surface area contributed by atoms with E-state index in [0.29, 0.717) is 5.56 Å². The van der Waals surface area contributed by atoms with Crippen LogP contribution in [0.25, 0.3) is 0 Å². The van der Waals surface area contributed by atoms with E-state index >= 15 is 0 Å². The summed E-state index contributed by atoms with van der Waals surface area (Å²) in [6, 6.07) is 6.65. The lowest BCUT2D eigenvalue weighted by atomic mass is 10.1. The van der Waals surface area contributed by atoms with E-state index in [4.69, 9.17) is 5.90 Å². The Balaban J connectivity index is 3.30. The molecule has 2 N–H and O–H groups in total. The van der Waals surface area contributed by atoms with Gasteiger partial charge in [-0.1, -0.05) is 18.2 Å². The summed E-state index contributed by atoms with van der Waals surface area (Å²) in [7, 11) is -3.22. The van der Waals surface area contributed by atoms with Crippen molar-refractivity contribution in [2.24, 2.45) is 5.90 Å². The van der Waals surface area contributed by atoms with Gasteiger partial charge in [0.15, 0.2) is 9.84 Å². The molecule has 14 heavy (non-hydrogen) atoms. The highest BCUT2D eigenvalue weighted by molar-refractivity contribution is 7.90. The second-order valence-electron chi connectivity index (χ2n) is 3.09. The van der Waals surface area contributed by atoms with Crippen molar-refractivity contribution in [3.05, 3.63) is 29.8 Å². The van der Waals surface area contributed by atoms with Crippen LogP contribution in [0.2, 0.25) is 0 Å². The first-order valence-electron chi connectivity index (χ1n) is 4.11. The summed E-state index contributed by atoms with van der Waals surface area (Å²) < 4.78 is 22.8. The molecule has 0 spiro atoms. The molecule has 0 saturated heterocycles. The lowest BCUT2D eigenvalue weighted by Gasteiger charge is -2.12. The fourth-order valence-electron chi connectivity index (χ4n) is 1.23. The van der Waals surface area contributed by atoms with Gasteiger partial charge in [-0.2, -0.15) is 0 Å². The van der Waals surface area contributed by atoms with Gasteiger partial charge < -0.3 is 0 Å². The van der Waals surface area contributed by atoms with Crippen LogP contribution in [0.5, 0.6) is 0 Å². The summed E-state index contributed by atoms with van der Waals surface area (Å²) in [5, 5.41) is 0. The maximum absolute atomic E-state index is 11.4. The summed E-state index contributed by atoms with van der Waals surface area (Å²) >= 11 is 0. The molecule has 0 aliphatic carbocycles. The lowest BCUT2D eigenvalue weighted by Crippen LogP contribution is -2.10. The van der Waals surface area contributed by atoms with Crippen molar-refractivity contribution in [1.29, 1.82) is 0 Å². The molecule has 78 valence electrons. The van der Waals surface area contributed by atoms with Crippen molar-refractivity contribution in [2.45, 2.75) is 17.9 Å². The first-order chi connectivity index (χ1) is 6.46. The van der Waals surface area contributed by atoms with Gasteiger partial charge in [0.2, 0.25) is 0 Å². The summed E-state index contributed by atoms with van der Waals surface area (Å²) in [4.78, 5) is 4.87. The molecule has 0 aliphatic heterocycles. The maximum atomic E-state index is 11.4. The van der Waals surface area contributed by atoms with Crippen LogP contribution < -0.4 is 5.90 Å². The Morgan fingerprint density at radius 3 is 2.43 bits per heavy atom. The molecular weight excluding hydrogens is 202 g/mol. The Labute approximate surface area is 83.6 Å². The van der Waals surface area contributed by atoms with Gasteiger partial charge in [-0.25, -0.2) is 14.3 Å². The Hall–Kier alpha value is -0.910. The third kappa shape index (κ3) is 2.31. The van der Waals surface area contributed by atoms with Crippen LogP contribution in [-0.4, -0.2) is 14.7 Å². The van der Waals surface area contributed by atoms with E-state index in [1.54, 1.807) is 31.2 Å². The molecule has 0 aliphatic rings. The highest BCUT2D eigenvalue weighted by Crippen LogP contribution is 2.23. The van der Waals surface area contributed by atoms with Crippen LogP contribution >= 0.6 is 0 Å². The van der Waals surface area contributed by atoms with Crippen LogP contribution in [0.3, 0.4) is 0 Å². The standard InChI is InChI=1S/C9H13NO3S/c1-7(13-10)8-5-3-4-6-9(8)14(2,11)12/h3-7H,10H2,1-2H3. The van der Waals surface area contributed by atoms with Gasteiger partial charge in [0.25, 0.3) is 0 Å². The Bertz CT molecular complexity index is 414. The molecule has 4 nitrogen and oxygen atoms in total. The van der Waals surface area contributed by atoms with Gasteiger partial charge in [-0.15, -0.1) is 0 Å². The molecule has 0 fully saturated rings. The van der Waals surface area contributed by atoms with Crippen LogP contribution in [0.4, 0.5) is 0 Å². The van der Waals surface area contributed by atoms with Gasteiger partial charge in [0.1, 0.15) is 6.10 Å². The largest absolute Gasteiger partial charge is 0.297 e. The van der Waals surface area contributed by atoms with Crippen LogP contribution in [0, 0.1) is 0 Å². The van der Waals surface area contributed by atoms with Crippen molar-refractivity contribution < 1.29 is 13.3 Å². The van der Waals surface area contributed by atoms with E-state index in [2.05, 4.69) is 4.84 Å². The third-order valence-electron chi connectivity index (χ3n) is 1.96. The summed E-state index contributed by atoms with van der Waals surface area (Å²) in [5.41, 5.74) is 0.581. The zero-order valence-electron chi connectivity index (χ0n) is 8.10. The molecule has 1 atom stereocenters. The SMILES string of the molecule is CC(ON)c1ccccc1S(C)(=O)=O. The van der Waals surface area contributed by atoms with Gasteiger partial charge in [0.05, 0.1) is 4.90 Å². The van der Waals surface area contributed by atoms with Crippen LogP contribution in [0.1, 0.15) is 18.6 Å². The molecule has 1 rings (SSSR count). The molecule has 0 heterocycles. The second kappa shape index (κ2) is 4.08. The van der Waals surface area contributed by atoms with E-state index in [1.165, 1.54) is 0 Å². The van der Waals surface area contributed by atoms with Gasteiger partial charge in [-0.05, 0) is 13.0 Å². The minimum atomic E-state index is -3.22. The Morgan fingerprint density at radius 1 is 1.36 bits per heavy atom. The average Bonchev–Trinajstić information content (AvgIpc) is 2.15. The highest BCUT2D eigenvalue weighted by Gasteiger charge is 2.16. The van der Waals surface area contributed by atoms with E-state index in [-0.39, 0.29) is 4.90 Å². The van der Waals surface area contributed by atoms with Crippen molar-refractivity contribution >= 4 is 9.84 Å². The van der Waals surface area contributed by atoms with E-state index < -0.39 is 15.9 Å². The molecule has 0 saturated carbocycles. The molecule has 0 amide bonds. The minimum absolute atomic E-state index is 0.262. The summed E-state index contributed by atoms with van der Waals surface area (Å²) in [6.45, 7) is 1.70. The number of benzene rings is 1. The van der Waals surface area contributed by atoms with Gasteiger partial charge in [-0.3, -0.25) is 4.84 Å². The third-order valence-corrected chi connectivity index (χ3v) is 3.13. The van der Waals surface area contributed by atoms with Crippen molar-refractivity contribution in [1.82, 2.24) is 0 Å². The molecule has 0 radical (unpaired) electrons. The second-order valence-corrected chi connectivity index (χ2v) is 5.07. The van der Waals surface area contributed by atoms with Crippen molar-refractivity contribution in [3.8, 4) is 0 Å². The van der Waals surface area contributed by atoms with Crippen LogP contribution in [-0.2, 0) is 14.7 Å². The van der Waals surface area contributed by atoms with Gasteiger partial charge >= 0.3 is 0 Å². The minimum Gasteiger partial charge on any atom is -0.297 e. The molecule has 5 heteroatoms. The Morgan fingerprint density at radius 2 is 1.93 bits per heavy atom. The highest BCUT2D eigenvalue weighted by atomic mass is 32.2. The summed E-state index contributed by atoms with van der Waals surface area (Å²) in [6.07, 6.45) is 0.732. The monoisotopic (exact) mass is 215 g/mol. The zero-order chi connectivity index (χ0) is 10.8. The van der Waals surface area contributed by atoms with Crippen molar-refractivity contribution in [3.63, 3.8) is 0 Å². The number of hydrogen-bond acceptors (Lipinski definition) is 4. The van der Waals surface area contributed by atoms with Gasteiger partial charge in [0, 0.05) is 11.8 Å². The maximum Gasteiger partial charge on any atom is 0.175 e. The smallest absolute Gasteiger partial charge is 0.175 e. The Kier molecular flexibility index (Phi) is 3.25. The predicted molar refractivity (Wildman–Crippen MR) is 53.2 cm³/mol. The molecule has 1 unspecified atom stereocenters. The number of sulfone groups is 1. The fourth-order valence-corrected chi connectivity index (χ4v) is 2.22. The van der Waals surface area contributed by atoms with Crippen molar-refractivity contribution in [2.75, 3.05) is 6.26 Å². The topological polar surface area (TPSA) is 69.4 Å². The number of hydrogen-bond donors (Lipinski definition) is 1. The molecule has 1 aromatic carbocycles. The average molecular weight is 215 g/mol.